The number of piperazine rings is 1. The molecule has 0 atom stereocenters. The van der Waals surface area contributed by atoms with Crippen molar-refractivity contribution in [3.8, 4) is 11.1 Å². The molecular weight excluding hydrogens is 511 g/mol. The summed E-state index contributed by atoms with van der Waals surface area (Å²) in [5.41, 5.74) is 3.41. The predicted octanol–water partition coefficient (Wildman–Crippen LogP) is 6.28. The van der Waals surface area contributed by atoms with Crippen LogP contribution in [-0.2, 0) is 10.2 Å². The van der Waals surface area contributed by atoms with Gasteiger partial charge < -0.3 is 10.2 Å². The van der Waals surface area contributed by atoms with Gasteiger partial charge in [0.05, 0.1) is 0 Å². The molecule has 0 spiro atoms. The second-order valence-corrected chi connectivity index (χ2v) is 10.5. The molecule has 0 aromatic heterocycles. The summed E-state index contributed by atoms with van der Waals surface area (Å²) in [5.74, 6) is -0.581. The fourth-order valence-corrected chi connectivity index (χ4v) is 6.10. The molecule has 200 valence electrons. The van der Waals surface area contributed by atoms with Crippen LogP contribution in [0, 0.1) is 0 Å². The molecule has 0 saturated carbocycles. The Morgan fingerprint density at radius 1 is 0.868 bits per heavy atom. The molecule has 0 radical (unpaired) electrons. The Balaban J connectivity index is 1.27. The Bertz CT molecular complexity index is 1240. The number of halogens is 4. The average Bonchev–Trinajstić information content (AvgIpc) is 3.20. The highest BCUT2D eigenvalue weighted by Crippen LogP contribution is 2.51. The summed E-state index contributed by atoms with van der Waals surface area (Å²) < 4.78 is 39.2. The van der Waals surface area contributed by atoms with E-state index in [0.29, 0.717) is 6.42 Å². The molecule has 1 heterocycles. The number of anilines is 1. The number of nitrogens with one attached hydrogen (secondary N) is 1. The number of rotatable bonds is 8. The summed E-state index contributed by atoms with van der Waals surface area (Å²) in [7, 11) is 0. The zero-order chi connectivity index (χ0) is 26.8. The molecule has 5 rings (SSSR count). The van der Waals surface area contributed by atoms with E-state index in [9.17, 15) is 18.0 Å². The Kier molecular flexibility index (Phi) is 7.68. The molecule has 1 aliphatic carbocycles. The molecule has 1 fully saturated rings. The van der Waals surface area contributed by atoms with Crippen LogP contribution in [0.4, 0.5) is 18.9 Å². The number of hydrogen-bond acceptors (Lipinski definition) is 3. The summed E-state index contributed by atoms with van der Waals surface area (Å²) in [4.78, 5) is 18.3. The highest BCUT2D eigenvalue weighted by atomic mass is 35.5. The number of unbranched alkanes of at least 4 members (excludes halogenated alkanes) is 1. The minimum Gasteiger partial charge on any atom is -0.369 e. The zero-order valence-corrected chi connectivity index (χ0v) is 21.9. The first-order valence-electron chi connectivity index (χ1n) is 13.1. The number of fused-ring (bicyclic) bond motifs is 3. The summed E-state index contributed by atoms with van der Waals surface area (Å²) in [6, 6.07) is 23.1. The number of amides is 1. The van der Waals surface area contributed by atoms with Gasteiger partial charge in [-0.1, -0.05) is 72.6 Å². The van der Waals surface area contributed by atoms with E-state index in [0.717, 1.165) is 78.5 Å². The summed E-state index contributed by atoms with van der Waals surface area (Å²) in [5, 5.41) is 2.94. The van der Waals surface area contributed by atoms with E-state index in [2.05, 4.69) is 21.2 Å². The molecule has 1 aliphatic heterocycles. The first-order valence-corrected chi connectivity index (χ1v) is 13.4. The normalized spacial score (nSPS) is 16.7. The van der Waals surface area contributed by atoms with Gasteiger partial charge in [-0.2, -0.15) is 13.2 Å². The lowest BCUT2D eigenvalue weighted by atomic mass is 9.73. The van der Waals surface area contributed by atoms with Crippen LogP contribution in [0.2, 0.25) is 5.02 Å². The number of carbonyl (C=O) groups is 1. The highest BCUT2D eigenvalue weighted by Gasteiger charge is 2.49. The standard InChI is InChI=1S/C30H31ClF3N3O/c31-22-8-7-9-23(20-22)37-18-16-36(17-19-37)15-6-5-14-29(28(38)35-21-30(32,33)34)26-12-3-1-10-24(26)25-11-2-4-13-27(25)29/h1-4,7-13,20H,5-6,14-19,21H2,(H,35,38). The molecule has 2 aliphatic rings. The third-order valence-corrected chi connectivity index (χ3v) is 7.96. The molecule has 4 nitrogen and oxygen atoms in total. The maximum atomic E-state index is 13.6. The lowest BCUT2D eigenvalue weighted by molar-refractivity contribution is -0.141. The van der Waals surface area contributed by atoms with E-state index in [-0.39, 0.29) is 0 Å². The van der Waals surface area contributed by atoms with E-state index in [1.165, 1.54) is 0 Å². The van der Waals surface area contributed by atoms with E-state index in [1.807, 2.05) is 66.7 Å². The van der Waals surface area contributed by atoms with Crippen molar-refractivity contribution in [1.82, 2.24) is 10.2 Å². The molecule has 3 aromatic rings. The van der Waals surface area contributed by atoms with Gasteiger partial charge in [-0.25, -0.2) is 0 Å². The molecule has 8 heteroatoms. The first-order chi connectivity index (χ1) is 18.3. The van der Waals surface area contributed by atoms with Gasteiger partial charge >= 0.3 is 6.18 Å². The molecule has 1 amide bonds. The summed E-state index contributed by atoms with van der Waals surface area (Å²) in [6.45, 7) is 3.21. The molecule has 1 N–H and O–H groups in total. The molecule has 0 bridgehead atoms. The number of alkyl halides is 3. The lowest BCUT2D eigenvalue weighted by Crippen LogP contribution is -2.47. The van der Waals surface area contributed by atoms with E-state index in [4.69, 9.17) is 11.6 Å². The fraction of sp³-hybridized carbons (Fsp3) is 0.367. The number of carbonyl (C=O) groups excluding carboxylic acids is 1. The van der Waals surface area contributed by atoms with Crippen molar-refractivity contribution in [2.45, 2.75) is 30.9 Å². The van der Waals surface area contributed by atoms with Crippen molar-refractivity contribution < 1.29 is 18.0 Å². The fourth-order valence-electron chi connectivity index (χ4n) is 5.91. The largest absolute Gasteiger partial charge is 0.405 e. The minimum absolute atomic E-state index is 0.452. The Morgan fingerprint density at radius 3 is 2.11 bits per heavy atom. The number of hydrogen-bond donors (Lipinski definition) is 1. The Morgan fingerprint density at radius 2 is 1.50 bits per heavy atom. The van der Waals surface area contributed by atoms with Gasteiger partial charge in [0.15, 0.2) is 0 Å². The van der Waals surface area contributed by atoms with Crippen LogP contribution in [0.25, 0.3) is 11.1 Å². The average molecular weight is 542 g/mol. The van der Waals surface area contributed by atoms with Crippen molar-refractivity contribution in [2.24, 2.45) is 0 Å². The second kappa shape index (κ2) is 11.0. The number of nitrogens with zero attached hydrogens (tertiary/aromatic N) is 2. The Hall–Kier alpha value is -3.03. The molecule has 3 aromatic carbocycles. The van der Waals surface area contributed by atoms with Crippen LogP contribution >= 0.6 is 11.6 Å². The van der Waals surface area contributed by atoms with Crippen molar-refractivity contribution in [2.75, 3.05) is 44.2 Å². The highest BCUT2D eigenvalue weighted by molar-refractivity contribution is 6.30. The van der Waals surface area contributed by atoms with Crippen molar-refractivity contribution in [3.05, 3.63) is 88.9 Å². The van der Waals surface area contributed by atoms with Crippen LogP contribution in [0.15, 0.2) is 72.8 Å². The molecular formula is C30H31ClF3N3O. The third kappa shape index (κ3) is 5.40. The molecule has 0 unspecified atom stereocenters. The SMILES string of the molecule is O=C(NCC(F)(F)F)C1(CCCCN2CCN(c3cccc(Cl)c3)CC2)c2ccccc2-c2ccccc21. The van der Waals surface area contributed by atoms with Gasteiger partial charge in [-0.15, -0.1) is 0 Å². The third-order valence-electron chi connectivity index (χ3n) is 7.72. The second-order valence-electron chi connectivity index (χ2n) is 10.1. The zero-order valence-electron chi connectivity index (χ0n) is 21.1. The van der Waals surface area contributed by atoms with Crippen molar-refractivity contribution >= 4 is 23.2 Å². The molecule has 1 saturated heterocycles. The topological polar surface area (TPSA) is 35.6 Å². The molecule has 38 heavy (non-hydrogen) atoms. The van der Waals surface area contributed by atoms with Gasteiger partial charge in [-0.3, -0.25) is 9.69 Å². The number of benzene rings is 3. The van der Waals surface area contributed by atoms with Crippen LogP contribution < -0.4 is 10.2 Å². The smallest absolute Gasteiger partial charge is 0.369 e. The van der Waals surface area contributed by atoms with E-state index < -0.39 is 24.0 Å². The first kappa shape index (κ1) is 26.6. The Labute approximate surface area is 226 Å². The quantitative estimate of drug-likeness (QED) is 0.341. The predicted molar refractivity (Wildman–Crippen MR) is 146 cm³/mol. The van der Waals surface area contributed by atoms with Crippen LogP contribution in [0.5, 0.6) is 0 Å². The van der Waals surface area contributed by atoms with Crippen LogP contribution in [0.3, 0.4) is 0 Å². The van der Waals surface area contributed by atoms with Gasteiger partial charge in [0.2, 0.25) is 5.91 Å². The van der Waals surface area contributed by atoms with E-state index in [1.54, 1.807) is 0 Å². The van der Waals surface area contributed by atoms with Gasteiger partial charge in [0, 0.05) is 36.9 Å². The van der Waals surface area contributed by atoms with Crippen LogP contribution in [-0.4, -0.2) is 56.3 Å². The van der Waals surface area contributed by atoms with Crippen molar-refractivity contribution in [1.29, 1.82) is 0 Å². The van der Waals surface area contributed by atoms with Gasteiger partial charge in [0.25, 0.3) is 0 Å². The summed E-state index contributed by atoms with van der Waals surface area (Å²) in [6.07, 6.45) is -2.44. The maximum absolute atomic E-state index is 13.6. The lowest BCUT2D eigenvalue weighted by Gasteiger charge is -2.36. The van der Waals surface area contributed by atoms with Gasteiger partial charge in [0.1, 0.15) is 12.0 Å². The van der Waals surface area contributed by atoms with Crippen molar-refractivity contribution in [3.63, 3.8) is 0 Å². The van der Waals surface area contributed by atoms with Crippen LogP contribution in [0.1, 0.15) is 30.4 Å². The minimum atomic E-state index is -4.47. The monoisotopic (exact) mass is 541 g/mol. The maximum Gasteiger partial charge on any atom is 0.405 e. The van der Waals surface area contributed by atoms with Gasteiger partial charge in [-0.05, 0) is 59.8 Å². The summed E-state index contributed by atoms with van der Waals surface area (Å²) >= 11 is 6.15. The van der Waals surface area contributed by atoms with E-state index >= 15 is 0 Å².